The molecule has 6 nitrogen and oxygen atoms in total. The summed E-state index contributed by atoms with van der Waals surface area (Å²) in [5.41, 5.74) is 0. The van der Waals surface area contributed by atoms with Crippen LogP contribution >= 0.6 is 0 Å². The Bertz CT molecular complexity index is 304. The molecule has 24 heavy (non-hydrogen) atoms. The van der Waals surface area contributed by atoms with E-state index < -0.39 is 6.17 Å². The van der Waals surface area contributed by atoms with Crippen LogP contribution < -0.4 is 10.6 Å². The molecule has 0 aliphatic rings. The number of hydrogen-bond donors (Lipinski definition) is 2. The highest BCUT2D eigenvalue weighted by Crippen LogP contribution is 1.98. The second-order valence-electron chi connectivity index (χ2n) is 6.23. The lowest BCUT2D eigenvalue weighted by Gasteiger charge is -2.12. The molecule has 1 amide bonds. The van der Waals surface area contributed by atoms with Crippen molar-refractivity contribution < 1.29 is 23.4 Å². The third-order valence-corrected chi connectivity index (χ3v) is 3.14. The Morgan fingerprint density at radius 2 is 1.46 bits per heavy atom. The molecule has 144 valence electrons. The highest BCUT2D eigenvalue weighted by Gasteiger charge is 2.11. The van der Waals surface area contributed by atoms with Crippen molar-refractivity contribution in [3.05, 3.63) is 0 Å². The standard InChI is InChI=1S/C17H35FN2O4/c1-14(2)17(21)20-13-16(18)5-7-22-9-11-24-12-10-23-8-6-19-15(3)4/h14-16,19H,5-13H2,1-4H3,(H,20,21). The smallest absolute Gasteiger partial charge is 0.222 e. The molecule has 0 saturated heterocycles. The predicted molar refractivity (Wildman–Crippen MR) is 93.0 cm³/mol. The fraction of sp³-hybridized carbons (Fsp3) is 0.941. The summed E-state index contributed by atoms with van der Waals surface area (Å²) in [4.78, 5) is 11.3. The number of hydrogen-bond acceptors (Lipinski definition) is 5. The molecule has 2 N–H and O–H groups in total. The predicted octanol–water partition coefficient (Wildman–Crippen LogP) is 1.53. The van der Waals surface area contributed by atoms with Crippen LogP contribution in [0.2, 0.25) is 0 Å². The van der Waals surface area contributed by atoms with Crippen molar-refractivity contribution in [1.29, 1.82) is 0 Å². The highest BCUT2D eigenvalue weighted by molar-refractivity contribution is 5.77. The van der Waals surface area contributed by atoms with Crippen LogP contribution in [0, 0.1) is 5.92 Å². The lowest BCUT2D eigenvalue weighted by atomic mass is 10.2. The van der Waals surface area contributed by atoms with Crippen molar-refractivity contribution in [2.75, 3.05) is 52.7 Å². The first-order valence-corrected chi connectivity index (χ1v) is 8.81. The maximum atomic E-state index is 13.5. The monoisotopic (exact) mass is 350 g/mol. The van der Waals surface area contributed by atoms with Gasteiger partial charge in [0.2, 0.25) is 5.91 Å². The molecule has 0 aromatic heterocycles. The summed E-state index contributed by atoms with van der Waals surface area (Å²) in [7, 11) is 0. The Hall–Kier alpha value is -0.760. The molecule has 0 spiro atoms. The van der Waals surface area contributed by atoms with Crippen molar-refractivity contribution >= 4 is 5.91 Å². The van der Waals surface area contributed by atoms with Crippen LogP contribution in [0.4, 0.5) is 4.39 Å². The van der Waals surface area contributed by atoms with Crippen molar-refractivity contribution in [1.82, 2.24) is 10.6 Å². The van der Waals surface area contributed by atoms with E-state index in [1.165, 1.54) is 0 Å². The molecule has 1 unspecified atom stereocenters. The first-order valence-electron chi connectivity index (χ1n) is 8.81. The summed E-state index contributed by atoms with van der Waals surface area (Å²) in [6.07, 6.45) is -0.814. The number of carbonyl (C=O) groups excluding carboxylic acids is 1. The summed E-state index contributed by atoms with van der Waals surface area (Å²) in [6, 6.07) is 0.470. The SMILES string of the molecule is CC(C)NCCOCCOCCOCCC(F)CNC(=O)C(C)C. The van der Waals surface area contributed by atoms with Gasteiger partial charge in [-0.15, -0.1) is 0 Å². The molecule has 0 aliphatic carbocycles. The zero-order valence-electron chi connectivity index (χ0n) is 15.6. The van der Waals surface area contributed by atoms with Crippen LogP contribution in [-0.2, 0) is 19.0 Å². The highest BCUT2D eigenvalue weighted by atomic mass is 19.1. The molecule has 0 radical (unpaired) electrons. The lowest BCUT2D eigenvalue weighted by molar-refractivity contribution is -0.124. The van der Waals surface area contributed by atoms with E-state index in [-0.39, 0.29) is 24.8 Å². The zero-order valence-corrected chi connectivity index (χ0v) is 15.6. The van der Waals surface area contributed by atoms with E-state index in [9.17, 15) is 9.18 Å². The number of nitrogens with one attached hydrogen (secondary N) is 2. The van der Waals surface area contributed by atoms with Gasteiger partial charge in [0.15, 0.2) is 0 Å². The molecule has 1 atom stereocenters. The van der Waals surface area contributed by atoms with Gasteiger partial charge in [0.1, 0.15) is 6.17 Å². The molecule has 0 fully saturated rings. The van der Waals surface area contributed by atoms with E-state index in [2.05, 4.69) is 24.5 Å². The molecule has 0 aliphatic heterocycles. The number of rotatable bonds is 16. The number of carbonyl (C=O) groups is 1. The Labute approximate surface area is 145 Å². The number of amides is 1. The van der Waals surface area contributed by atoms with Gasteiger partial charge >= 0.3 is 0 Å². The van der Waals surface area contributed by atoms with Crippen molar-refractivity contribution in [3.8, 4) is 0 Å². The van der Waals surface area contributed by atoms with Gasteiger partial charge in [0, 0.05) is 38.1 Å². The molecule has 7 heteroatoms. The lowest BCUT2D eigenvalue weighted by Crippen LogP contribution is -2.33. The van der Waals surface area contributed by atoms with E-state index in [0.29, 0.717) is 45.7 Å². The van der Waals surface area contributed by atoms with Gasteiger partial charge < -0.3 is 24.8 Å². The van der Waals surface area contributed by atoms with Gasteiger partial charge in [0.25, 0.3) is 0 Å². The van der Waals surface area contributed by atoms with Crippen LogP contribution in [0.3, 0.4) is 0 Å². The van der Waals surface area contributed by atoms with Crippen molar-refractivity contribution in [2.24, 2.45) is 5.92 Å². The third kappa shape index (κ3) is 16.1. The first-order chi connectivity index (χ1) is 11.4. The van der Waals surface area contributed by atoms with Crippen LogP contribution in [0.5, 0.6) is 0 Å². The number of ether oxygens (including phenoxy) is 3. The van der Waals surface area contributed by atoms with Crippen LogP contribution in [0.15, 0.2) is 0 Å². The average Bonchev–Trinajstić information content (AvgIpc) is 2.53. The second kappa shape index (κ2) is 15.7. The van der Waals surface area contributed by atoms with Crippen molar-refractivity contribution in [2.45, 2.75) is 46.3 Å². The second-order valence-corrected chi connectivity index (χ2v) is 6.23. The fourth-order valence-electron chi connectivity index (χ4n) is 1.69. The summed E-state index contributed by atoms with van der Waals surface area (Å²) < 4.78 is 29.6. The molecule has 0 rings (SSSR count). The Morgan fingerprint density at radius 1 is 0.917 bits per heavy atom. The van der Waals surface area contributed by atoms with Crippen LogP contribution in [-0.4, -0.2) is 70.9 Å². The maximum Gasteiger partial charge on any atom is 0.222 e. The topological polar surface area (TPSA) is 68.8 Å². The van der Waals surface area contributed by atoms with Gasteiger partial charge in [-0.1, -0.05) is 27.7 Å². The first kappa shape index (κ1) is 23.2. The molecule has 0 heterocycles. The van der Waals surface area contributed by atoms with Crippen molar-refractivity contribution in [3.63, 3.8) is 0 Å². The van der Waals surface area contributed by atoms with Gasteiger partial charge in [0.05, 0.1) is 33.0 Å². The van der Waals surface area contributed by atoms with Gasteiger partial charge in [-0.25, -0.2) is 4.39 Å². The number of alkyl halides is 1. The minimum absolute atomic E-state index is 0.0415. The quantitative estimate of drug-likeness (QED) is 0.413. The Kier molecular flexibility index (Phi) is 15.3. The molecule has 0 aromatic carbocycles. The summed E-state index contributed by atoms with van der Waals surface area (Å²) in [5, 5.41) is 5.83. The minimum atomic E-state index is -1.08. The minimum Gasteiger partial charge on any atom is -0.379 e. The normalized spacial score (nSPS) is 12.8. The Balaban J connectivity index is 3.23. The Morgan fingerprint density at radius 3 is 2.00 bits per heavy atom. The third-order valence-electron chi connectivity index (χ3n) is 3.14. The summed E-state index contributed by atoms with van der Waals surface area (Å²) >= 11 is 0. The van der Waals surface area contributed by atoms with E-state index >= 15 is 0 Å². The molecule has 0 bridgehead atoms. The van der Waals surface area contributed by atoms with E-state index in [1.54, 1.807) is 13.8 Å². The van der Waals surface area contributed by atoms with Gasteiger partial charge in [-0.05, 0) is 0 Å². The summed E-state index contributed by atoms with van der Waals surface area (Å²) in [5.74, 6) is -0.254. The van der Waals surface area contributed by atoms with Crippen LogP contribution in [0.1, 0.15) is 34.1 Å². The van der Waals surface area contributed by atoms with Crippen LogP contribution in [0.25, 0.3) is 0 Å². The molecule has 0 aromatic rings. The fourth-order valence-corrected chi connectivity index (χ4v) is 1.69. The van der Waals surface area contributed by atoms with Gasteiger partial charge in [-0.3, -0.25) is 4.79 Å². The largest absolute Gasteiger partial charge is 0.379 e. The number of halogens is 1. The van der Waals surface area contributed by atoms with E-state index in [4.69, 9.17) is 14.2 Å². The van der Waals surface area contributed by atoms with E-state index in [0.717, 1.165) is 6.54 Å². The maximum absolute atomic E-state index is 13.5. The average molecular weight is 350 g/mol. The molecular formula is C17H35FN2O4. The zero-order chi connectivity index (χ0) is 18.2. The molecule has 0 saturated carbocycles. The van der Waals surface area contributed by atoms with E-state index in [1.807, 2.05) is 0 Å². The molecular weight excluding hydrogens is 315 g/mol. The summed E-state index contributed by atoms with van der Waals surface area (Å²) in [6.45, 7) is 11.6. The van der Waals surface area contributed by atoms with Gasteiger partial charge in [-0.2, -0.15) is 0 Å².